The van der Waals surface area contributed by atoms with E-state index in [0.29, 0.717) is 17.8 Å². The van der Waals surface area contributed by atoms with Crippen molar-refractivity contribution in [1.82, 2.24) is 19.5 Å². The van der Waals surface area contributed by atoms with Crippen molar-refractivity contribution in [1.29, 1.82) is 0 Å². The third-order valence-corrected chi connectivity index (χ3v) is 3.66. The summed E-state index contributed by atoms with van der Waals surface area (Å²) in [6.07, 6.45) is -1.56. The van der Waals surface area contributed by atoms with E-state index in [1.54, 1.807) is 6.92 Å². The predicted molar refractivity (Wildman–Crippen MR) is 80.8 cm³/mol. The molecule has 0 aromatic carbocycles. The lowest BCUT2D eigenvalue weighted by atomic mass is 10.1. The van der Waals surface area contributed by atoms with Crippen LogP contribution in [0.4, 0.5) is 5.95 Å². The Morgan fingerprint density at radius 1 is 1.54 bits per heavy atom. The van der Waals surface area contributed by atoms with Crippen LogP contribution in [-0.2, 0) is 4.74 Å². The molecule has 24 heavy (non-hydrogen) atoms. The largest absolute Gasteiger partial charge is 0.476 e. The Morgan fingerprint density at radius 2 is 2.33 bits per heavy atom. The van der Waals surface area contributed by atoms with Crippen molar-refractivity contribution in [2.45, 2.75) is 31.4 Å². The highest BCUT2D eigenvalue weighted by molar-refractivity contribution is 5.77. The maximum Gasteiger partial charge on any atom is 0.247 e. The number of fused-ring (bicyclic) bond motifs is 1. The molecule has 128 valence electrons. The first-order chi connectivity index (χ1) is 11.6. The number of imidazole rings is 1. The summed E-state index contributed by atoms with van der Waals surface area (Å²) < 4.78 is 12.5. The molecule has 1 aliphatic heterocycles. The van der Waals surface area contributed by atoms with Crippen molar-refractivity contribution < 1.29 is 19.7 Å². The van der Waals surface area contributed by atoms with Gasteiger partial charge in [0.2, 0.25) is 11.8 Å². The minimum absolute atomic E-state index is 0.0229. The summed E-state index contributed by atoms with van der Waals surface area (Å²) >= 11 is 0. The van der Waals surface area contributed by atoms with E-state index < -0.39 is 31.1 Å². The number of hydrogen-bond acceptors (Lipinski definition) is 9. The predicted octanol–water partition coefficient (Wildman–Crippen LogP) is -0.263. The molecule has 12 heteroatoms. The number of anilines is 1. The lowest BCUT2D eigenvalue weighted by Crippen LogP contribution is -2.31. The second-order valence-electron chi connectivity index (χ2n) is 5.08. The first-order valence-electron chi connectivity index (χ1n) is 7.22. The zero-order chi connectivity index (χ0) is 17.3. The van der Waals surface area contributed by atoms with E-state index in [2.05, 4.69) is 25.0 Å². The molecular formula is C12H16N8O4. The van der Waals surface area contributed by atoms with Crippen LogP contribution in [0.3, 0.4) is 0 Å². The van der Waals surface area contributed by atoms with E-state index in [4.69, 9.17) is 20.7 Å². The molecule has 0 saturated carbocycles. The molecule has 1 fully saturated rings. The first-order valence-corrected chi connectivity index (χ1v) is 7.22. The molecule has 4 N–H and O–H groups in total. The van der Waals surface area contributed by atoms with Crippen LogP contribution < -0.4 is 10.5 Å². The third kappa shape index (κ3) is 2.57. The molecule has 2 aromatic heterocycles. The number of nitrogen functional groups attached to an aromatic ring is 1. The fourth-order valence-corrected chi connectivity index (χ4v) is 2.63. The summed E-state index contributed by atoms with van der Waals surface area (Å²) in [4.78, 5) is 15.0. The van der Waals surface area contributed by atoms with E-state index in [9.17, 15) is 10.2 Å². The second-order valence-corrected chi connectivity index (χ2v) is 5.08. The number of nitrogens with zero attached hydrogens (tertiary/aromatic N) is 7. The Bertz CT molecular complexity index is 789. The van der Waals surface area contributed by atoms with Gasteiger partial charge >= 0.3 is 0 Å². The highest BCUT2D eigenvalue weighted by atomic mass is 16.5. The number of aromatic nitrogens is 4. The first kappa shape index (κ1) is 16.2. The van der Waals surface area contributed by atoms with Crippen molar-refractivity contribution in [3.8, 4) is 5.88 Å². The zero-order valence-corrected chi connectivity index (χ0v) is 12.7. The molecule has 0 bridgehead atoms. The van der Waals surface area contributed by atoms with Gasteiger partial charge in [-0.1, -0.05) is 5.11 Å². The van der Waals surface area contributed by atoms with Gasteiger partial charge in [0.1, 0.15) is 18.4 Å². The topological polar surface area (TPSA) is 177 Å². The highest BCUT2D eigenvalue weighted by Crippen LogP contribution is 2.34. The Balaban J connectivity index is 2.10. The molecule has 1 aliphatic rings. The molecule has 1 saturated heterocycles. The SMILES string of the molecule is CCOc1nc(N)nc2c1ncn2[C@@H]1O[C@H](CO)[C@@H](O)[C@H]1N=[N+]=[N-]. The van der Waals surface area contributed by atoms with Gasteiger partial charge in [-0.15, -0.1) is 0 Å². The van der Waals surface area contributed by atoms with Crippen molar-refractivity contribution in [3.63, 3.8) is 0 Å². The summed E-state index contributed by atoms with van der Waals surface area (Å²) in [5, 5.41) is 23.0. The third-order valence-electron chi connectivity index (χ3n) is 3.66. The molecule has 0 amide bonds. The van der Waals surface area contributed by atoms with Crippen LogP contribution in [0, 0.1) is 0 Å². The zero-order valence-electron chi connectivity index (χ0n) is 12.7. The van der Waals surface area contributed by atoms with Gasteiger partial charge in [-0.25, -0.2) is 4.98 Å². The summed E-state index contributed by atoms with van der Waals surface area (Å²) in [5.41, 5.74) is 15.1. The van der Waals surface area contributed by atoms with Crippen molar-refractivity contribution in [3.05, 3.63) is 16.8 Å². The molecular weight excluding hydrogens is 320 g/mol. The molecule has 12 nitrogen and oxygen atoms in total. The van der Waals surface area contributed by atoms with Crippen LogP contribution in [0.2, 0.25) is 0 Å². The Labute approximate surface area is 135 Å². The lowest BCUT2D eigenvalue weighted by Gasteiger charge is -2.17. The van der Waals surface area contributed by atoms with Gasteiger partial charge in [0.05, 0.1) is 25.6 Å². The minimum Gasteiger partial charge on any atom is -0.476 e. The van der Waals surface area contributed by atoms with Crippen molar-refractivity contribution in [2.75, 3.05) is 18.9 Å². The van der Waals surface area contributed by atoms with Gasteiger partial charge in [-0.05, 0) is 12.5 Å². The standard InChI is InChI=1S/C12H16N8O4/c1-2-23-10-7-9(16-12(13)17-10)20(4-15-7)11-6(18-19-14)8(22)5(3-21)24-11/h4-6,8,11,21-22H,2-3H2,1H3,(H2,13,16,17)/t5-,6-,8-,11-/m1/s1. The molecule has 0 unspecified atom stereocenters. The van der Waals surface area contributed by atoms with Gasteiger partial charge in [-0.3, -0.25) is 4.57 Å². The van der Waals surface area contributed by atoms with Crippen LogP contribution in [-0.4, -0.2) is 61.2 Å². The normalized spacial score (nSPS) is 26.5. The van der Waals surface area contributed by atoms with Crippen LogP contribution in [0.5, 0.6) is 5.88 Å². The quantitative estimate of drug-likeness (QED) is 0.379. The lowest BCUT2D eigenvalue weighted by molar-refractivity contribution is -0.0436. The number of nitrogens with two attached hydrogens (primary N) is 1. The maximum absolute atomic E-state index is 10.1. The maximum atomic E-state index is 10.1. The summed E-state index contributed by atoms with van der Waals surface area (Å²) in [6, 6.07) is -0.962. The monoisotopic (exact) mass is 336 g/mol. The van der Waals surface area contributed by atoms with E-state index in [-0.39, 0.29) is 11.8 Å². The molecule has 0 radical (unpaired) electrons. The number of azide groups is 1. The molecule has 3 rings (SSSR count). The Hall–Kier alpha value is -2.66. The molecule has 2 aromatic rings. The average molecular weight is 336 g/mol. The van der Waals surface area contributed by atoms with Crippen molar-refractivity contribution in [2.24, 2.45) is 5.11 Å². The van der Waals surface area contributed by atoms with E-state index in [0.717, 1.165) is 0 Å². The Morgan fingerprint density at radius 3 is 3.00 bits per heavy atom. The van der Waals surface area contributed by atoms with Gasteiger partial charge in [0.25, 0.3) is 0 Å². The summed E-state index contributed by atoms with van der Waals surface area (Å²) in [5.74, 6) is 0.196. The second kappa shape index (κ2) is 6.45. The van der Waals surface area contributed by atoms with Gasteiger partial charge in [-0.2, -0.15) is 9.97 Å². The van der Waals surface area contributed by atoms with Crippen molar-refractivity contribution >= 4 is 17.1 Å². The van der Waals surface area contributed by atoms with Gasteiger partial charge in [0, 0.05) is 4.91 Å². The molecule has 3 heterocycles. The van der Waals surface area contributed by atoms with E-state index >= 15 is 0 Å². The van der Waals surface area contributed by atoms with Crippen LogP contribution in [0.25, 0.3) is 21.6 Å². The average Bonchev–Trinajstić information content (AvgIpc) is 3.10. The smallest absolute Gasteiger partial charge is 0.247 e. The fraction of sp³-hybridized carbons (Fsp3) is 0.583. The van der Waals surface area contributed by atoms with Crippen LogP contribution in [0.15, 0.2) is 11.4 Å². The van der Waals surface area contributed by atoms with Crippen LogP contribution in [0.1, 0.15) is 13.2 Å². The molecule has 4 atom stereocenters. The number of hydrogen-bond donors (Lipinski definition) is 3. The summed E-state index contributed by atoms with van der Waals surface area (Å²) in [6.45, 7) is 1.73. The van der Waals surface area contributed by atoms with E-state index in [1.807, 2.05) is 0 Å². The fourth-order valence-electron chi connectivity index (χ4n) is 2.63. The van der Waals surface area contributed by atoms with Gasteiger partial charge in [0.15, 0.2) is 11.2 Å². The summed E-state index contributed by atoms with van der Waals surface area (Å²) in [7, 11) is 0. The highest BCUT2D eigenvalue weighted by Gasteiger charge is 2.44. The van der Waals surface area contributed by atoms with Gasteiger partial charge < -0.3 is 25.4 Å². The molecule has 0 aliphatic carbocycles. The van der Waals surface area contributed by atoms with E-state index in [1.165, 1.54) is 10.9 Å². The number of aliphatic hydroxyl groups excluding tert-OH is 2. The Kier molecular flexibility index (Phi) is 4.36. The molecule has 0 spiro atoms. The number of ether oxygens (including phenoxy) is 2. The van der Waals surface area contributed by atoms with Crippen LogP contribution >= 0.6 is 0 Å². The number of aliphatic hydroxyl groups is 2. The number of rotatable bonds is 5. The minimum atomic E-state index is -1.17.